The molecule has 0 bridgehead atoms. The molecule has 0 fully saturated rings. The molecular weight excluding hydrogens is 210 g/mol. The van der Waals surface area contributed by atoms with Crippen LogP contribution < -0.4 is 0 Å². The predicted octanol–water partition coefficient (Wildman–Crippen LogP) is 3.04. The molecule has 3 rings (SSSR count). The average molecular weight is 223 g/mol. The number of ether oxygens (including phenoxy) is 1. The molecule has 0 saturated carbocycles. The normalized spacial score (nSPS) is 21.1. The zero-order valence-corrected chi connectivity index (χ0v) is 9.41. The Kier molecular flexibility index (Phi) is 2.72. The van der Waals surface area contributed by atoms with Gasteiger partial charge >= 0.3 is 0 Å². The van der Waals surface area contributed by atoms with Gasteiger partial charge in [0.2, 0.25) is 0 Å². The van der Waals surface area contributed by atoms with Crippen LogP contribution in [0.25, 0.3) is 0 Å². The van der Waals surface area contributed by atoms with Gasteiger partial charge in [0, 0.05) is 11.8 Å². The summed E-state index contributed by atoms with van der Waals surface area (Å²) in [6.07, 6.45) is 9.95. The van der Waals surface area contributed by atoms with Gasteiger partial charge in [-0.25, -0.2) is 0 Å². The number of fused-ring (bicyclic) bond motifs is 1. The Morgan fingerprint density at radius 1 is 1.12 bits per heavy atom. The first-order valence-corrected chi connectivity index (χ1v) is 5.72. The van der Waals surface area contributed by atoms with Gasteiger partial charge in [-0.2, -0.15) is 0 Å². The molecule has 1 aromatic rings. The number of rotatable bonds is 3. The lowest BCUT2D eigenvalue weighted by Gasteiger charge is -2.18. The van der Waals surface area contributed by atoms with Gasteiger partial charge in [0.05, 0.1) is 12.3 Å². The second-order valence-electron chi connectivity index (χ2n) is 4.05. The number of aliphatic imine (C=N–C) groups is 1. The standard InChI is InChI=1S/C15H13NO/c1-2-5-12(6-3-1)11-17-15-8-4-7-14-13(15)9-10-16-14/h1-10,15H,11H2/t15-/m1/s1. The lowest BCUT2D eigenvalue weighted by atomic mass is 10.0. The molecule has 0 saturated heterocycles. The van der Waals surface area contributed by atoms with Crippen molar-refractivity contribution >= 4 is 6.21 Å². The van der Waals surface area contributed by atoms with Crippen molar-refractivity contribution in [2.45, 2.75) is 12.7 Å². The van der Waals surface area contributed by atoms with Crippen LogP contribution in [0.1, 0.15) is 5.56 Å². The predicted molar refractivity (Wildman–Crippen MR) is 68.8 cm³/mol. The highest BCUT2D eigenvalue weighted by Gasteiger charge is 2.20. The van der Waals surface area contributed by atoms with Crippen molar-refractivity contribution in [3.63, 3.8) is 0 Å². The Morgan fingerprint density at radius 3 is 2.88 bits per heavy atom. The molecule has 17 heavy (non-hydrogen) atoms. The molecule has 2 nitrogen and oxygen atoms in total. The fraction of sp³-hybridized carbons (Fsp3) is 0.133. The zero-order valence-electron chi connectivity index (χ0n) is 9.41. The summed E-state index contributed by atoms with van der Waals surface area (Å²) >= 11 is 0. The van der Waals surface area contributed by atoms with Crippen LogP contribution in [0.4, 0.5) is 0 Å². The molecule has 1 atom stereocenters. The largest absolute Gasteiger partial charge is 0.365 e. The minimum Gasteiger partial charge on any atom is -0.365 e. The fourth-order valence-electron chi connectivity index (χ4n) is 1.99. The van der Waals surface area contributed by atoms with Gasteiger partial charge in [-0.3, -0.25) is 4.99 Å². The number of nitrogens with zero attached hydrogens (tertiary/aromatic N) is 1. The first-order chi connectivity index (χ1) is 8.43. The molecule has 0 amide bonds. The molecule has 2 aliphatic rings. The summed E-state index contributed by atoms with van der Waals surface area (Å²) in [5.41, 5.74) is 3.37. The molecule has 1 aromatic carbocycles. The minimum atomic E-state index is 0.0257. The maximum absolute atomic E-state index is 5.91. The third-order valence-electron chi connectivity index (χ3n) is 2.88. The molecule has 0 aromatic heterocycles. The fourth-order valence-corrected chi connectivity index (χ4v) is 1.99. The number of allylic oxidation sites excluding steroid dienone is 3. The Hall–Kier alpha value is -1.93. The van der Waals surface area contributed by atoms with Gasteiger partial charge < -0.3 is 4.74 Å². The Labute approximate surface area is 101 Å². The van der Waals surface area contributed by atoms with E-state index in [1.165, 1.54) is 5.56 Å². The van der Waals surface area contributed by atoms with E-state index < -0.39 is 0 Å². The number of benzene rings is 1. The van der Waals surface area contributed by atoms with Gasteiger partial charge in [-0.1, -0.05) is 42.5 Å². The summed E-state index contributed by atoms with van der Waals surface area (Å²) in [6.45, 7) is 0.625. The van der Waals surface area contributed by atoms with E-state index in [1.807, 2.05) is 42.6 Å². The van der Waals surface area contributed by atoms with E-state index >= 15 is 0 Å². The van der Waals surface area contributed by atoms with Crippen LogP contribution in [0.2, 0.25) is 0 Å². The maximum atomic E-state index is 5.91. The van der Waals surface area contributed by atoms with E-state index in [0.717, 1.165) is 11.3 Å². The van der Waals surface area contributed by atoms with Crippen LogP contribution in [0, 0.1) is 0 Å². The van der Waals surface area contributed by atoms with Crippen molar-refractivity contribution in [2.75, 3.05) is 0 Å². The quantitative estimate of drug-likeness (QED) is 0.771. The van der Waals surface area contributed by atoms with E-state index in [0.29, 0.717) is 6.61 Å². The van der Waals surface area contributed by atoms with E-state index in [-0.39, 0.29) is 6.10 Å². The molecular formula is C15H13NO. The smallest absolute Gasteiger partial charge is 0.104 e. The van der Waals surface area contributed by atoms with Crippen LogP contribution in [-0.2, 0) is 11.3 Å². The topological polar surface area (TPSA) is 21.6 Å². The van der Waals surface area contributed by atoms with E-state index in [1.54, 1.807) is 0 Å². The lowest BCUT2D eigenvalue weighted by molar-refractivity contribution is 0.0953. The lowest BCUT2D eigenvalue weighted by Crippen LogP contribution is -2.15. The molecule has 1 aliphatic carbocycles. The summed E-state index contributed by atoms with van der Waals surface area (Å²) < 4.78 is 5.91. The zero-order chi connectivity index (χ0) is 11.5. The Balaban J connectivity index is 1.67. The van der Waals surface area contributed by atoms with Gasteiger partial charge in [0.15, 0.2) is 0 Å². The average Bonchev–Trinajstić information content (AvgIpc) is 2.86. The summed E-state index contributed by atoms with van der Waals surface area (Å²) in [5.74, 6) is 0. The van der Waals surface area contributed by atoms with Gasteiger partial charge in [-0.05, 0) is 17.7 Å². The summed E-state index contributed by atoms with van der Waals surface area (Å²) in [7, 11) is 0. The van der Waals surface area contributed by atoms with Gasteiger partial charge in [0.25, 0.3) is 0 Å². The second kappa shape index (κ2) is 4.52. The molecule has 1 heterocycles. The molecule has 0 spiro atoms. The SMILES string of the molecule is C1=C[C@@H](OCc2ccccc2)C2=CC=NC2=C1. The van der Waals surface area contributed by atoms with Crippen molar-refractivity contribution in [1.29, 1.82) is 0 Å². The highest BCUT2D eigenvalue weighted by atomic mass is 16.5. The molecule has 84 valence electrons. The van der Waals surface area contributed by atoms with Crippen molar-refractivity contribution in [1.82, 2.24) is 0 Å². The summed E-state index contributed by atoms with van der Waals surface area (Å²) in [6, 6.07) is 10.2. The molecule has 2 heteroatoms. The highest BCUT2D eigenvalue weighted by Crippen LogP contribution is 2.26. The molecule has 0 radical (unpaired) electrons. The van der Waals surface area contributed by atoms with Crippen LogP contribution in [0.5, 0.6) is 0 Å². The minimum absolute atomic E-state index is 0.0257. The van der Waals surface area contributed by atoms with E-state index in [4.69, 9.17) is 4.74 Å². The maximum Gasteiger partial charge on any atom is 0.104 e. The molecule has 0 unspecified atom stereocenters. The van der Waals surface area contributed by atoms with Crippen molar-refractivity contribution < 1.29 is 4.74 Å². The monoisotopic (exact) mass is 223 g/mol. The van der Waals surface area contributed by atoms with Crippen molar-refractivity contribution in [2.24, 2.45) is 4.99 Å². The third kappa shape index (κ3) is 2.12. The highest BCUT2D eigenvalue weighted by molar-refractivity contribution is 5.80. The number of hydrogen-bond donors (Lipinski definition) is 0. The summed E-state index contributed by atoms with van der Waals surface area (Å²) in [5, 5.41) is 0. The third-order valence-corrected chi connectivity index (χ3v) is 2.88. The first-order valence-electron chi connectivity index (χ1n) is 5.72. The summed E-state index contributed by atoms with van der Waals surface area (Å²) in [4.78, 5) is 4.28. The molecule has 0 N–H and O–H groups in total. The van der Waals surface area contributed by atoms with Crippen molar-refractivity contribution in [3.05, 3.63) is 71.5 Å². The first kappa shape index (κ1) is 10.2. The van der Waals surface area contributed by atoms with Crippen LogP contribution in [0.15, 0.2) is 70.9 Å². The number of hydrogen-bond acceptors (Lipinski definition) is 2. The van der Waals surface area contributed by atoms with E-state index in [2.05, 4.69) is 23.2 Å². The van der Waals surface area contributed by atoms with Crippen LogP contribution in [0.3, 0.4) is 0 Å². The van der Waals surface area contributed by atoms with Gasteiger partial charge in [-0.15, -0.1) is 0 Å². The van der Waals surface area contributed by atoms with Gasteiger partial charge in [0.1, 0.15) is 6.10 Å². The van der Waals surface area contributed by atoms with Crippen LogP contribution in [-0.4, -0.2) is 12.3 Å². The second-order valence-corrected chi connectivity index (χ2v) is 4.05. The van der Waals surface area contributed by atoms with Crippen molar-refractivity contribution in [3.8, 4) is 0 Å². The van der Waals surface area contributed by atoms with Crippen LogP contribution >= 0.6 is 0 Å². The van der Waals surface area contributed by atoms with E-state index in [9.17, 15) is 0 Å². The molecule has 1 aliphatic heterocycles. The Bertz CT molecular complexity index is 523. The Morgan fingerprint density at radius 2 is 2.00 bits per heavy atom.